The number of rotatable bonds is 6. The summed E-state index contributed by atoms with van der Waals surface area (Å²) in [6.07, 6.45) is 1.70. The number of aromatic amines is 1. The van der Waals surface area contributed by atoms with E-state index in [1.165, 1.54) is 12.1 Å². The van der Waals surface area contributed by atoms with E-state index in [2.05, 4.69) is 20.4 Å². The molecular weight excluding hydrogens is 383 g/mol. The molecular formula is C23H25FN4O2. The van der Waals surface area contributed by atoms with Gasteiger partial charge in [-0.15, -0.1) is 0 Å². The molecule has 1 aliphatic heterocycles. The highest BCUT2D eigenvalue weighted by molar-refractivity contribution is 5.94. The summed E-state index contributed by atoms with van der Waals surface area (Å²) in [5.41, 5.74) is 2.39. The smallest absolute Gasteiger partial charge is 0.251 e. The highest BCUT2D eigenvalue weighted by Crippen LogP contribution is 2.24. The van der Waals surface area contributed by atoms with Crippen LogP contribution in [0.2, 0.25) is 0 Å². The van der Waals surface area contributed by atoms with E-state index in [1.807, 2.05) is 25.1 Å². The normalized spacial score (nSPS) is 14.5. The first-order valence-electron chi connectivity index (χ1n) is 10.2. The molecule has 3 aromatic rings. The Morgan fingerprint density at radius 2 is 1.87 bits per heavy atom. The van der Waals surface area contributed by atoms with E-state index in [9.17, 15) is 9.18 Å². The van der Waals surface area contributed by atoms with Crippen molar-refractivity contribution in [2.45, 2.75) is 25.8 Å². The van der Waals surface area contributed by atoms with Gasteiger partial charge in [-0.05, 0) is 73.9 Å². The highest BCUT2D eigenvalue weighted by Gasteiger charge is 2.23. The third-order valence-electron chi connectivity index (χ3n) is 5.30. The Morgan fingerprint density at radius 3 is 2.53 bits per heavy atom. The lowest BCUT2D eigenvalue weighted by Gasteiger charge is -2.32. The van der Waals surface area contributed by atoms with Crippen molar-refractivity contribution >= 4 is 11.7 Å². The first-order valence-corrected chi connectivity index (χ1v) is 10.2. The number of nitrogens with one attached hydrogen (secondary N) is 2. The summed E-state index contributed by atoms with van der Waals surface area (Å²) in [7, 11) is 0. The minimum absolute atomic E-state index is 0.0603. The Bertz CT molecular complexity index is 977. The second-order valence-corrected chi connectivity index (χ2v) is 7.34. The highest BCUT2D eigenvalue weighted by atomic mass is 19.1. The van der Waals surface area contributed by atoms with Crippen LogP contribution in [0.4, 0.5) is 10.2 Å². The Hall–Kier alpha value is -3.35. The lowest BCUT2D eigenvalue weighted by molar-refractivity contribution is 0.0931. The number of halogens is 1. The molecule has 0 unspecified atom stereocenters. The molecule has 2 aromatic carbocycles. The molecule has 156 valence electrons. The summed E-state index contributed by atoms with van der Waals surface area (Å²) in [6.45, 7) is 4.15. The van der Waals surface area contributed by atoms with Gasteiger partial charge in [0.05, 0.1) is 12.3 Å². The van der Waals surface area contributed by atoms with Gasteiger partial charge in [0.2, 0.25) is 0 Å². The topological polar surface area (TPSA) is 70.2 Å². The number of aromatic nitrogens is 2. The first kappa shape index (κ1) is 19.9. The third-order valence-corrected chi connectivity index (χ3v) is 5.30. The number of carbonyl (C=O) groups excluding carboxylic acids is 1. The van der Waals surface area contributed by atoms with Gasteiger partial charge in [0, 0.05) is 30.8 Å². The predicted molar refractivity (Wildman–Crippen MR) is 114 cm³/mol. The van der Waals surface area contributed by atoms with Crippen LogP contribution in [0.1, 0.15) is 30.1 Å². The lowest BCUT2D eigenvalue weighted by Crippen LogP contribution is -2.44. The standard InChI is InChI=1S/C23H25FN4O2/c1-2-30-20-9-5-17(6-10-20)23(29)25-19-11-13-28(14-12-19)22-15-21(26-27-22)16-3-7-18(24)8-4-16/h3-10,15,19H,2,11-14H2,1H3,(H,25,29)(H,26,27). The summed E-state index contributed by atoms with van der Waals surface area (Å²) in [5.74, 6) is 1.31. The molecule has 1 aromatic heterocycles. The number of nitrogens with zero attached hydrogens (tertiary/aromatic N) is 2. The summed E-state index contributed by atoms with van der Waals surface area (Å²) in [4.78, 5) is 14.7. The van der Waals surface area contributed by atoms with Crippen molar-refractivity contribution in [2.24, 2.45) is 0 Å². The zero-order valence-corrected chi connectivity index (χ0v) is 16.9. The van der Waals surface area contributed by atoms with Crippen LogP contribution in [-0.2, 0) is 0 Å². The molecule has 1 amide bonds. The molecule has 0 radical (unpaired) electrons. The van der Waals surface area contributed by atoms with Crippen molar-refractivity contribution in [3.05, 3.63) is 66.0 Å². The number of hydrogen-bond donors (Lipinski definition) is 2. The van der Waals surface area contributed by atoms with E-state index >= 15 is 0 Å². The van der Waals surface area contributed by atoms with Gasteiger partial charge in [0.15, 0.2) is 5.82 Å². The molecule has 4 rings (SSSR count). The monoisotopic (exact) mass is 408 g/mol. The SMILES string of the molecule is CCOc1ccc(C(=O)NC2CCN(c3cc(-c4ccc(F)cc4)[nH]n3)CC2)cc1. The number of H-pyrrole nitrogens is 1. The molecule has 0 spiro atoms. The van der Waals surface area contributed by atoms with E-state index in [0.29, 0.717) is 12.2 Å². The van der Waals surface area contributed by atoms with Gasteiger partial charge in [-0.1, -0.05) is 0 Å². The zero-order valence-electron chi connectivity index (χ0n) is 16.9. The Morgan fingerprint density at radius 1 is 1.17 bits per heavy atom. The van der Waals surface area contributed by atoms with Gasteiger partial charge in [0.25, 0.3) is 5.91 Å². The Balaban J connectivity index is 1.30. The first-order chi connectivity index (χ1) is 14.6. The van der Waals surface area contributed by atoms with Crippen LogP contribution in [0, 0.1) is 5.82 Å². The largest absolute Gasteiger partial charge is 0.494 e. The average molecular weight is 408 g/mol. The molecule has 7 heteroatoms. The minimum atomic E-state index is -0.257. The molecule has 2 heterocycles. The summed E-state index contributed by atoms with van der Waals surface area (Å²) in [6, 6.07) is 15.7. The van der Waals surface area contributed by atoms with Crippen LogP contribution in [0.15, 0.2) is 54.6 Å². The number of benzene rings is 2. The van der Waals surface area contributed by atoms with Crippen LogP contribution >= 0.6 is 0 Å². The summed E-state index contributed by atoms with van der Waals surface area (Å²) in [5, 5.41) is 10.6. The second kappa shape index (κ2) is 8.98. The van der Waals surface area contributed by atoms with Gasteiger partial charge in [-0.2, -0.15) is 5.10 Å². The number of hydrogen-bond acceptors (Lipinski definition) is 4. The maximum absolute atomic E-state index is 13.1. The van der Waals surface area contributed by atoms with Gasteiger partial charge >= 0.3 is 0 Å². The van der Waals surface area contributed by atoms with Crippen LogP contribution in [0.25, 0.3) is 11.3 Å². The number of ether oxygens (including phenoxy) is 1. The molecule has 1 aliphatic rings. The fourth-order valence-electron chi connectivity index (χ4n) is 3.64. The van der Waals surface area contributed by atoms with Gasteiger partial charge in [0.1, 0.15) is 11.6 Å². The molecule has 0 aliphatic carbocycles. The van der Waals surface area contributed by atoms with Gasteiger partial charge in [-0.3, -0.25) is 9.89 Å². The lowest BCUT2D eigenvalue weighted by atomic mass is 10.0. The van der Waals surface area contributed by atoms with Gasteiger partial charge < -0.3 is 15.0 Å². The van der Waals surface area contributed by atoms with Crippen LogP contribution in [0.5, 0.6) is 5.75 Å². The molecule has 0 bridgehead atoms. The van der Waals surface area contributed by atoms with E-state index in [1.54, 1.807) is 24.3 Å². The second-order valence-electron chi connectivity index (χ2n) is 7.34. The zero-order chi connectivity index (χ0) is 20.9. The summed E-state index contributed by atoms with van der Waals surface area (Å²) < 4.78 is 18.5. The molecule has 30 heavy (non-hydrogen) atoms. The molecule has 0 saturated carbocycles. The van der Waals surface area contributed by atoms with Crippen LogP contribution < -0.4 is 15.0 Å². The number of carbonyl (C=O) groups is 1. The molecule has 6 nitrogen and oxygen atoms in total. The van der Waals surface area contributed by atoms with Crippen molar-refractivity contribution in [1.29, 1.82) is 0 Å². The van der Waals surface area contributed by atoms with Crippen LogP contribution in [-0.4, -0.2) is 41.8 Å². The summed E-state index contributed by atoms with van der Waals surface area (Å²) >= 11 is 0. The van der Waals surface area contributed by atoms with Crippen molar-refractivity contribution in [2.75, 3.05) is 24.6 Å². The van der Waals surface area contributed by atoms with Crippen LogP contribution in [0.3, 0.4) is 0 Å². The van der Waals surface area contributed by atoms with Crippen molar-refractivity contribution in [1.82, 2.24) is 15.5 Å². The average Bonchev–Trinajstić information content (AvgIpc) is 3.26. The fraction of sp³-hybridized carbons (Fsp3) is 0.304. The quantitative estimate of drug-likeness (QED) is 0.647. The number of amides is 1. The fourth-order valence-corrected chi connectivity index (χ4v) is 3.64. The third kappa shape index (κ3) is 4.62. The van der Waals surface area contributed by atoms with E-state index < -0.39 is 0 Å². The maximum atomic E-state index is 13.1. The van der Waals surface area contributed by atoms with Crippen molar-refractivity contribution < 1.29 is 13.9 Å². The number of piperidine rings is 1. The molecule has 0 atom stereocenters. The molecule has 1 fully saturated rings. The van der Waals surface area contributed by atoms with E-state index in [0.717, 1.165) is 48.8 Å². The molecule has 2 N–H and O–H groups in total. The van der Waals surface area contributed by atoms with Crippen molar-refractivity contribution in [3.63, 3.8) is 0 Å². The maximum Gasteiger partial charge on any atom is 0.251 e. The van der Waals surface area contributed by atoms with Crippen molar-refractivity contribution in [3.8, 4) is 17.0 Å². The predicted octanol–water partition coefficient (Wildman–Crippen LogP) is 4.01. The van der Waals surface area contributed by atoms with E-state index in [-0.39, 0.29) is 17.8 Å². The Labute approximate surface area is 175 Å². The Kier molecular flexibility index (Phi) is 5.97. The van der Waals surface area contributed by atoms with E-state index in [4.69, 9.17) is 4.74 Å². The number of anilines is 1. The minimum Gasteiger partial charge on any atom is -0.494 e. The van der Waals surface area contributed by atoms with Gasteiger partial charge in [-0.25, -0.2) is 4.39 Å². The molecule has 1 saturated heterocycles.